The highest BCUT2D eigenvalue weighted by Gasteiger charge is 2.38. The van der Waals surface area contributed by atoms with Gasteiger partial charge < -0.3 is 14.4 Å². The van der Waals surface area contributed by atoms with Crippen molar-refractivity contribution in [3.05, 3.63) is 27.6 Å². The zero-order chi connectivity index (χ0) is 21.9. The van der Waals surface area contributed by atoms with Crippen LogP contribution in [0.1, 0.15) is 33.3 Å². The lowest BCUT2D eigenvalue weighted by atomic mass is 10.1. The summed E-state index contributed by atoms with van der Waals surface area (Å²) in [6.45, 7) is 7.28. The number of methoxy groups -OCH3 is 2. The van der Waals surface area contributed by atoms with E-state index in [0.29, 0.717) is 22.1 Å². The Kier molecular flexibility index (Phi) is 7.60. The third kappa shape index (κ3) is 5.05. The number of carbonyl (C=O) groups excluding carboxylic acids is 3. The predicted molar refractivity (Wildman–Crippen MR) is 114 cm³/mol. The van der Waals surface area contributed by atoms with E-state index in [2.05, 4.69) is 0 Å². The van der Waals surface area contributed by atoms with E-state index >= 15 is 0 Å². The second-order valence-electron chi connectivity index (χ2n) is 6.99. The van der Waals surface area contributed by atoms with Crippen LogP contribution in [-0.2, 0) is 9.59 Å². The Morgan fingerprint density at radius 2 is 1.72 bits per heavy atom. The number of halogens is 1. The molecule has 0 aromatic heterocycles. The smallest absolute Gasteiger partial charge is 0.294 e. The van der Waals surface area contributed by atoms with E-state index in [9.17, 15) is 14.4 Å². The Labute approximate surface area is 180 Å². The van der Waals surface area contributed by atoms with Crippen LogP contribution in [0, 0.1) is 0 Å². The third-order valence-corrected chi connectivity index (χ3v) is 5.56. The van der Waals surface area contributed by atoms with Crippen molar-refractivity contribution >= 4 is 46.5 Å². The average molecular weight is 441 g/mol. The SMILES string of the molecule is COc1cc(OC)c(/C=C2\SC(=O)N(CC(=O)N(C(C)C)C(C)C)C2=O)cc1Cl. The molecule has 0 atom stereocenters. The Morgan fingerprint density at radius 3 is 2.24 bits per heavy atom. The third-order valence-electron chi connectivity index (χ3n) is 4.36. The molecule has 1 aromatic rings. The molecule has 29 heavy (non-hydrogen) atoms. The first-order valence-electron chi connectivity index (χ1n) is 9.08. The van der Waals surface area contributed by atoms with Crippen LogP contribution in [0.25, 0.3) is 6.08 Å². The van der Waals surface area contributed by atoms with Crippen molar-refractivity contribution in [2.24, 2.45) is 0 Å². The molecule has 1 aliphatic rings. The summed E-state index contributed by atoms with van der Waals surface area (Å²) in [5.41, 5.74) is 0.529. The molecule has 0 saturated carbocycles. The molecule has 0 bridgehead atoms. The lowest BCUT2D eigenvalue weighted by Gasteiger charge is -2.31. The molecule has 9 heteroatoms. The molecule has 0 spiro atoms. The van der Waals surface area contributed by atoms with Gasteiger partial charge >= 0.3 is 0 Å². The van der Waals surface area contributed by atoms with Gasteiger partial charge in [0.1, 0.15) is 18.0 Å². The normalized spacial score (nSPS) is 15.6. The molecule has 158 valence electrons. The van der Waals surface area contributed by atoms with Gasteiger partial charge in [0.2, 0.25) is 5.91 Å². The standard InChI is InChI=1S/C20H25ClN2O5S/c1-11(2)23(12(3)4)18(24)10-22-19(25)17(29-20(22)26)8-13-7-14(21)16(28-6)9-15(13)27-5/h7-9,11-12H,10H2,1-6H3/b17-8-. The van der Waals surface area contributed by atoms with Gasteiger partial charge in [-0.05, 0) is 51.6 Å². The number of carbonyl (C=O) groups is 3. The lowest BCUT2D eigenvalue weighted by Crippen LogP contribution is -2.48. The first kappa shape index (κ1) is 23.1. The van der Waals surface area contributed by atoms with E-state index in [1.165, 1.54) is 20.3 Å². The van der Waals surface area contributed by atoms with Crippen LogP contribution in [0.5, 0.6) is 11.5 Å². The van der Waals surface area contributed by atoms with E-state index in [1.54, 1.807) is 17.0 Å². The van der Waals surface area contributed by atoms with Crippen molar-refractivity contribution in [3.63, 3.8) is 0 Å². The predicted octanol–water partition coefficient (Wildman–Crippen LogP) is 4.04. The number of hydrogen-bond acceptors (Lipinski definition) is 6. The molecule has 1 heterocycles. The van der Waals surface area contributed by atoms with Crippen molar-refractivity contribution < 1.29 is 23.9 Å². The molecule has 0 N–H and O–H groups in total. The Hall–Kier alpha value is -2.19. The minimum atomic E-state index is -0.519. The number of ether oxygens (including phenoxy) is 2. The molecular weight excluding hydrogens is 416 g/mol. The topological polar surface area (TPSA) is 76.2 Å². The van der Waals surface area contributed by atoms with Crippen LogP contribution >= 0.6 is 23.4 Å². The fourth-order valence-electron chi connectivity index (χ4n) is 3.16. The lowest BCUT2D eigenvalue weighted by molar-refractivity contribution is -0.138. The average Bonchev–Trinajstić information content (AvgIpc) is 2.88. The first-order valence-corrected chi connectivity index (χ1v) is 10.3. The molecule has 2 rings (SSSR count). The minimum absolute atomic E-state index is 0.0383. The maximum Gasteiger partial charge on any atom is 0.294 e. The Morgan fingerprint density at radius 1 is 1.14 bits per heavy atom. The summed E-state index contributed by atoms with van der Waals surface area (Å²) in [6.07, 6.45) is 1.53. The number of benzene rings is 1. The van der Waals surface area contributed by atoms with Gasteiger partial charge in [0.25, 0.3) is 11.1 Å². The molecule has 0 radical (unpaired) electrons. The van der Waals surface area contributed by atoms with E-state index in [4.69, 9.17) is 21.1 Å². The van der Waals surface area contributed by atoms with Gasteiger partial charge in [-0.3, -0.25) is 19.3 Å². The maximum atomic E-state index is 12.8. The number of thioether (sulfide) groups is 1. The zero-order valence-electron chi connectivity index (χ0n) is 17.3. The van der Waals surface area contributed by atoms with E-state index in [1.807, 2.05) is 27.7 Å². The molecule has 1 fully saturated rings. The Bertz CT molecular complexity index is 846. The number of imide groups is 1. The van der Waals surface area contributed by atoms with Gasteiger partial charge in [-0.15, -0.1) is 0 Å². The maximum absolute atomic E-state index is 12.8. The summed E-state index contributed by atoms with van der Waals surface area (Å²) in [4.78, 5) is 40.6. The van der Waals surface area contributed by atoms with Gasteiger partial charge in [0.15, 0.2) is 0 Å². The second-order valence-corrected chi connectivity index (χ2v) is 8.39. The molecule has 1 aromatic carbocycles. The summed E-state index contributed by atoms with van der Waals surface area (Å²) >= 11 is 6.95. The summed E-state index contributed by atoms with van der Waals surface area (Å²) < 4.78 is 10.5. The summed E-state index contributed by atoms with van der Waals surface area (Å²) in [6, 6.07) is 3.12. The Balaban J connectivity index is 2.29. The molecular formula is C20H25ClN2O5S. The molecule has 1 saturated heterocycles. The summed E-state index contributed by atoms with van der Waals surface area (Å²) in [5.74, 6) is 0.0835. The quantitative estimate of drug-likeness (QED) is 0.595. The number of hydrogen-bond donors (Lipinski definition) is 0. The fourth-order valence-corrected chi connectivity index (χ4v) is 4.24. The van der Waals surface area contributed by atoms with Gasteiger partial charge in [-0.2, -0.15) is 0 Å². The van der Waals surface area contributed by atoms with Crippen LogP contribution in [-0.4, -0.2) is 59.7 Å². The van der Waals surface area contributed by atoms with Crippen LogP contribution < -0.4 is 9.47 Å². The highest BCUT2D eigenvalue weighted by molar-refractivity contribution is 8.18. The second kappa shape index (κ2) is 9.54. The molecule has 0 aliphatic carbocycles. The monoisotopic (exact) mass is 440 g/mol. The zero-order valence-corrected chi connectivity index (χ0v) is 18.9. The first-order chi connectivity index (χ1) is 13.6. The molecule has 1 aliphatic heterocycles. The number of rotatable bonds is 7. The molecule has 7 nitrogen and oxygen atoms in total. The largest absolute Gasteiger partial charge is 0.496 e. The number of amides is 3. The van der Waals surface area contributed by atoms with Crippen LogP contribution in [0.15, 0.2) is 17.0 Å². The van der Waals surface area contributed by atoms with Gasteiger partial charge in [-0.25, -0.2) is 0 Å². The van der Waals surface area contributed by atoms with Crippen LogP contribution in [0.3, 0.4) is 0 Å². The highest BCUT2D eigenvalue weighted by Crippen LogP contribution is 2.37. The van der Waals surface area contributed by atoms with Crippen molar-refractivity contribution in [2.75, 3.05) is 20.8 Å². The van der Waals surface area contributed by atoms with E-state index < -0.39 is 11.1 Å². The molecule has 3 amide bonds. The summed E-state index contributed by atoms with van der Waals surface area (Å²) in [5, 5.41) is -0.140. The van der Waals surface area contributed by atoms with Gasteiger partial charge in [0, 0.05) is 23.7 Å². The van der Waals surface area contributed by atoms with Crippen molar-refractivity contribution in [1.82, 2.24) is 9.80 Å². The van der Waals surface area contributed by atoms with Gasteiger partial charge in [0.05, 0.1) is 24.1 Å². The minimum Gasteiger partial charge on any atom is -0.496 e. The van der Waals surface area contributed by atoms with Crippen molar-refractivity contribution in [3.8, 4) is 11.5 Å². The number of nitrogens with zero attached hydrogens (tertiary/aromatic N) is 2. The van der Waals surface area contributed by atoms with Crippen LogP contribution in [0.2, 0.25) is 5.02 Å². The molecule has 0 unspecified atom stereocenters. The van der Waals surface area contributed by atoms with Gasteiger partial charge in [-0.1, -0.05) is 11.6 Å². The highest BCUT2D eigenvalue weighted by atomic mass is 35.5. The van der Waals surface area contributed by atoms with Crippen LogP contribution in [0.4, 0.5) is 4.79 Å². The van der Waals surface area contributed by atoms with E-state index in [0.717, 1.165) is 16.7 Å². The summed E-state index contributed by atoms with van der Waals surface area (Å²) in [7, 11) is 2.97. The fraction of sp³-hybridized carbons (Fsp3) is 0.450. The van der Waals surface area contributed by atoms with Crippen molar-refractivity contribution in [1.29, 1.82) is 0 Å². The van der Waals surface area contributed by atoms with Crippen molar-refractivity contribution in [2.45, 2.75) is 39.8 Å². The van der Waals surface area contributed by atoms with E-state index in [-0.39, 0.29) is 29.4 Å².